The zero-order valence-electron chi connectivity index (χ0n) is 11.3. The quantitative estimate of drug-likeness (QED) is 0.843. The zero-order valence-corrected chi connectivity index (χ0v) is 11.3. The Balaban J connectivity index is 1.87. The molecule has 0 saturated carbocycles. The minimum atomic E-state index is -0.357. The lowest BCUT2D eigenvalue weighted by molar-refractivity contribution is -0.133. The SMILES string of the molecule is CCC[C@@H](N)C(=O)N1CCN(c2ncccn2)CC1. The molecule has 19 heavy (non-hydrogen) atoms. The number of anilines is 1. The number of aromatic nitrogens is 2. The summed E-state index contributed by atoms with van der Waals surface area (Å²) in [5.41, 5.74) is 5.87. The van der Waals surface area contributed by atoms with Crippen molar-refractivity contribution in [2.45, 2.75) is 25.8 Å². The molecule has 2 N–H and O–H groups in total. The largest absolute Gasteiger partial charge is 0.338 e. The van der Waals surface area contributed by atoms with E-state index in [0.717, 1.165) is 31.9 Å². The highest BCUT2D eigenvalue weighted by atomic mass is 16.2. The van der Waals surface area contributed by atoms with Crippen molar-refractivity contribution in [1.82, 2.24) is 14.9 Å². The maximum absolute atomic E-state index is 12.1. The van der Waals surface area contributed by atoms with Crippen LogP contribution in [-0.4, -0.2) is 53.0 Å². The molecule has 0 aromatic carbocycles. The van der Waals surface area contributed by atoms with Gasteiger partial charge in [0.05, 0.1) is 6.04 Å². The van der Waals surface area contributed by atoms with Gasteiger partial charge in [0.1, 0.15) is 0 Å². The fraction of sp³-hybridized carbons (Fsp3) is 0.615. The van der Waals surface area contributed by atoms with E-state index in [-0.39, 0.29) is 11.9 Å². The minimum Gasteiger partial charge on any atom is -0.338 e. The van der Waals surface area contributed by atoms with Gasteiger partial charge in [-0.3, -0.25) is 4.79 Å². The van der Waals surface area contributed by atoms with Crippen LogP contribution in [0.5, 0.6) is 0 Å². The Bertz CT molecular complexity index is 403. The average Bonchev–Trinajstić information content (AvgIpc) is 2.48. The van der Waals surface area contributed by atoms with Crippen molar-refractivity contribution in [2.24, 2.45) is 5.73 Å². The molecule has 0 bridgehead atoms. The molecule has 0 spiro atoms. The summed E-state index contributed by atoms with van der Waals surface area (Å²) in [5.74, 6) is 0.794. The smallest absolute Gasteiger partial charge is 0.239 e. The van der Waals surface area contributed by atoms with E-state index < -0.39 is 0 Å². The van der Waals surface area contributed by atoms with Gasteiger partial charge in [0.15, 0.2) is 0 Å². The van der Waals surface area contributed by atoms with Gasteiger partial charge in [0, 0.05) is 38.6 Å². The monoisotopic (exact) mass is 263 g/mol. The highest BCUT2D eigenvalue weighted by Crippen LogP contribution is 2.11. The first-order valence-electron chi connectivity index (χ1n) is 6.78. The molecular formula is C13H21N5O. The Hall–Kier alpha value is -1.69. The van der Waals surface area contributed by atoms with Gasteiger partial charge in [-0.05, 0) is 12.5 Å². The van der Waals surface area contributed by atoms with E-state index >= 15 is 0 Å². The van der Waals surface area contributed by atoms with Crippen molar-refractivity contribution >= 4 is 11.9 Å². The van der Waals surface area contributed by atoms with Crippen LogP contribution in [0.4, 0.5) is 5.95 Å². The van der Waals surface area contributed by atoms with Crippen LogP contribution in [0.1, 0.15) is 19.8 Å². The van der Waals surface area contributed by atoms with Gasteiger partial charge in [-0.2, -0.15) is 0 Å². The van der Waals surface area contributed by atoms with Crippen molar-refractivity contribution in [3.63, 3.8) is 0 Å². The molecule has 6 heteroatoms. The second-order valence-corrected chi connectivity index (χ2v) is 4.76. The summed E-state index contributed by atoms with van der Waals surface area (Å²) in [6.45, 7) is 4.93. The lowest BCUT2D eigenvalue weighted by Crippen LogP contribution is -2.53. The molecule has 104 valence electrons. The van der Waals surface area contributed by atoms with Gasteiger partial charge in [0.25, 0.3) is 0 Å². The number of amides is 1. The third kappa shape index (κ3) is 3.41. The van der Waals surface area contributed by atoms with E-state index in [1.807, 2.05) is 11.8 Å². The van der Waals surface area contributed by atoms with Crippen molar-refractivity contribution in [3.05, 3.63) is 18.5 Å². The van der Waals surface area contributed by atoms with Gasteiger partial charge in [0.2, 0.25) is 11.9 Å². The molecule has 2 rings (SSSR count). The van der Waals surface area contributed by atoms with E-state index in [1.54, 1.807) is 18.5 Å². The molecule has 2 heterocycles. The molecule has 1 fully saturated rings. The number of nitrogens with zero attached hydrogens (tertiary/aromatic N) is 4. The highest BCUT2D eigenvalue weighted by molar-refractivity contribution is 5.81. The predicted molar refractivity (Wildman–Crippen MR) is 73.7 cm³/mol. The molecule has 6 nitrogen and oxygen atoms in total. The topological polar surface area (TPSA) is 75.4 Å². The van der Waals surface area contributed by atoms with Crippen LogP contribution in [0, 0.1) is 0 Å². The second-order valence-electron chi connectivity index (χ2n) is 4.76. The van der Waals surface area contributed by atoms with Crippen LogP contribution < -0.4 is 10.6 Å². The van der Waals surface area contributed by atoms with Gasteiger partial charge < -0.3 is 15.5 Å². The van der Waals surface area contributed by atoms with Gasteiger partial charge in [-0.15, -0.1) is 0 Å². The Morgan fingerprint density at radius 3 is 2.53 bits per heavy atom. The van der Waals surface area contributed by atoms with E-state index in [0.29, 0.717) is 13.1 Å². The highest BCUT2D eigenvalue weighted by Gasteiger charge is 2.25. The molecule has 1 aromatic heterocycles. The molecule has 1 atom stereocenters. The second kappa shape index (κ2) is 6.47. The molecular weight excluding hydrogens is 242 g/mol. The number of rotatable bonds is 4. The van der Waals surface area contributed by atoms with Gasteiger partial charge in [-0.1, -0.05) is 13.3 Å². The van der Waals surface area contributed by atoms with Crippen LogP contribution >= 0.6 is 0 Å². The standard InChI is InChI=1S/C13H21N5O/c1-2-4-11(14)12(19)17-7-9-18(10-8-17)13-15-5-3-6-16-13/h3,5-6,11H,2,4,7-10,14H2,1H3/t11-/m1/s1. The van der Waals surface area contributed by atoms with Crippen LogP contribution in [0.2, 0.25) is 0 Å². The van der Waals surface area contributed by atoms with Crippen LogP contribution in [0.15, 0.2) is 18.5 Å². The van der Waals surface area contributed by atoms with Crippen LogP contribution in [0.25, 0.3) is 0 Å². The lowest BCUT2D eigenvalue weighted by Gasteiger charge is -2.35. The summed E-state index contributed by atoms with van der Waals surface area (Å²) in [6.07, 6.45) is 5.15. The maximum Gasteiger partial charge on any atom is 0.239 e. The third-order valence-corrected chi connectivity index (χ3v) is 3.34. The number of hydrogen-bond donors (Lipinski definition) is 1. The van der Waals surface area contributed by atoms with E-state index in [9.17, 15) is 4.79 Å². The minimum absolute atomic E-state index is 0.0653. The molecule has 0 aliphatic carbocycles. The summed E-state index contributed by atoms with van der Waals surface area (Å²) in [6, 6.07) is 1.44. The average molecular weight is 263 g/mol. The maximum atomic E-state index is 12.1. The molecule has 1 aromatic rings. The molecule has 1 saturated heterocycles. The Morgan fingerprint density at radius 1 is 1.32 bits per heavy atom. The fourth-order valence-electron chi connectivity index (χ4n) is 2.25. The fourth-order valence-corrected chi connectivity index (χ4v) is 2.25. The summed E-state index contributed by atoms with van der Waals surface area (Å²) < 4.78 is 0. The summed E-state index contributed by atoms with van der Waals surface area (Å²) in [5, 5.41) is 0. The van der Waals surface area contributed by atoms with Crippen molar-refractivity contribution in [2.75, 3.05) is 31.1 Å². The Kier molecular flexibility index (Phi) is 4.68. The lowest BCUT2D eigenvalue weighted by atomic mass is 10.1. The van der Waals surface area contributed by atoms with Gasteiger partial charge in [-0.25, -0.2) is 9.97 Å². The van der Waals surface area contributed by atoms with Crippen molar-refractivity contribution in [1.29, 1.82) is 0 Å². The van der Waals surface area contributed by atoms with Crippen molar-refractivity contribution < 1.29 is 4.79 Å². The first-order chi connectivity index (χ1) is 9.22. The van der Waals surface area contributed by atoms with Crippen molar-refractivity contribution in [3.8, 4) is 0 Å². The van der Waals surface area contributed by atoms with Gasteiger partial charge >= 0.3 is 0 Å². The summed E-state index contributed by atoms with van der Waals surface area (Å²) >= 11 is 0. The number of carbonyl (C=O) groups is 1. The Morgan fingerprint density at radius 2 is 1.95 bits per heavy atom. The summed E-state index contributed by atoms with van der Waals surface area (Å²) in [7, 11) is 0. The molecule has 0 radical (unpaired) electrons. The third-order valence-electron chi connectivity index (χ3n) is 3.34. The Labute approximate surface area is 113 Å². The zero-order chi connectivity index (χ0) is 13.7. The first-order valence-corrected chi connectivity index (χ1v) is 6.78. The normalized spacial score (nSPS) is 17.4. The van der Waals surface area contributed by atoms with E-state index in [1.165, 1.54) is 0 Å². The molecule has 0 unspecified atom stereocenters. The number of piperazine rings is 1. The number of carbonyl (C=O) groups excluding carboxylic acids is 1. The molecule has 1 amide bonds. The van der Waals surface area contributed by atoms with Crippen LogP contribution in [0.3, 0.4) is 0 Å². The van der Waals surface area contributed by atoms with E-state index in [4.69, 9.17) is 5.73 Å². The first kappa shape index (κ1) is 13.7. The number of nitrogens with two attached hydrogens (primary N) is 1. The van der Waals surface area contributed by atoms with Crippen LogP contribution in [-0.2, 0) is 4.79 Å². The predicted octanol–water partition coefficient (Wildman–Crippen LogP) is 0.253. The molecule has 1 aliphatic rings. The number of hydrogen-bond acceptors (Lipinski definition) is 5. The summed E-state index contributed by atoms with van der Waals surface area (Å²) in [4.78, 5) is 24.5. The molecule has 1 aliphatic heterocycles. The van der Waals surface area contributed by atoms with E-state index in [2.05, 4.69) is 14.9 Å².